The highest BCUT2D eigenvalue weighted by Gasteiger charge is 2.42. The molecule has 0 aliphatic heterocycles. The standard InChI is InChI=1S/C12H18N2O/c13-12(6-9(15)7-12)11-5-8-3-1-2-4-10(8)14-11/h5,9,14-15H,1-4,6-7,13H2. The van der Waals surface area contributed by atoms with Crippen LogP contribution in [0.25, 0.3) is 0 Å². The Bertz CT molecular complexity index is 353. The number of fused-ring (bicyclic) bond motifs is 1. The molecule has 1 aromatic heterocycles. The van der Waals surface area contributed by atoms with E-state index >= 15 is 0 Å². The van der Waals surface area contributed by atoms with Gasteiger partial charge in [-0.1, -0.05) is 0 Å². The van der Waals surface area contributed by atoms with E-state index < -0.39 is 0 Å². The Hall–Kier alpha value is -0.800. The van der Waals surface area contributed by atoms with Gasteiger partial charge in [-0.3, -0.25) is 0 Å². The van der Waals surface area contributed by atoms with Gasteiger partial charge in [0.25, 0.3) is 0 Å². The SMILES string of the molecule is NC1(c2cc3c([nH]2)CCCC3)CC(O)C1. The fourth-order valence-corrected chi connectivity index (χ4v) is 2.87. The predicted molar refractivity (Wildman–Crippen MR) is 58.5 cm³/mol. The molecule has 2 aliphatic carbocycles. The lowest BCUT2D eigenvalue weighted by atomic mass is 9.73. The fourth-order valence-electron chi connectivity index (χ4n) is 2.87. The van der Waals surface area contributed by atoms with Crippen LogP contribution in [0.15, 0.2) is 6.07 Å². The second-order valence-corrected chi connectivity index (χ2v) is 5.11. The Kier molecular flexibility index (Phi) is 1.94. The van der Waals surface area contributed by atoms with Crippen LogP contribution in [0.4, 0.5) is 0 Å². The zero-order valence-electron chi connectivity index (χ0n) is 8.92. The number of aliphatic hydroxyl groups excluding tert-OH is 1. The number of nitrogens with two attached hydrogens (primary N) is 1. The highest BCUT2D eigenvalue weighted by molar-refractivity contribution is 5.33. The van der Waals surface area contributed by atoms with Crippen LogP contribution in [-0.4, -0.2) is 16.2 Å². The van der Waals surface area contributed by atoms with Gasteiger partial charge in [-0.2, -0.15) is 0 Å². The molecule has 0 saturated heterocycles. The molecular formula is C12H18N2O. The van der Waals surface area contributed by atoms with Gasteiger partial charge in [-0.25, -0.2) is 0 Å². The number of aromatic nitrogens is 1. The first-order chi connectivity index (χ1) is 7.17. The summed E-state index contributed by atoms with van der Waals surface area (Å²) in [5, 5.41) is 9.35. The van der Waals surface area contributed by atoms with E-state index in [1.54, 1.807) is 0 Å². The van der Waals surface area contributed by atoms with Crippen molar-refractivity contribution in [1.29, 1.82) is 0 Å². The van der Waals surface area contributed by atoms with Crippen molar-refractivity contribution < 1.29 is 5.11 Å². The van der Waals surface area contributed by atoms with E-state index in [2.05, 4.69) is 11.1 Å². The largest absolute Gasteiger partial charge is 0.393 e. The third-order valence-electron chi connectivity index (χ3n) is 3.85. The number of H-pyrrole nitrogens is 1. The lowest BCUT2D eigenvalue weighted by Crippen LogP contribution is -2.51. The van der Waals surface area contributed by atoms with E-state index in [4.69, 9.17) is 5.73 Å². The number of aromatic amines is 1. The topological polar surface area (TPSA) is 62.0 Å². The van der Waals surface area contributed by atoms with Crippen molar-refractivity contribution in [2.24, 2.45) is 5.73 Å². The summed E-state index contributed by atoms with van der Waals surface area (Å²) in [6, 6.07) is 2.22. The molecule has 82 valence electrons. The van der Waals surface area contributed by atoms with Crippen LogP contribution in [0.2, 0.25) is 0 Å². The molecule has 0 radical (unpaired) electrons. The summed E-state index contributed by atoms with van der Waals surface area (Å²) < 4.78 is 0. The predicted octanol–water partition coefficient (Wildman–Crippen LogP) is 1.20. The fraction of sp³-hybridized carbons (Fsp3) is 0.667. The van der Waals surface area contributed by atoms with Gasteiger partial charge in [0, 0.05) is 11.4 Å². The van der Waals surface area contributed by atoms with Gasteiger partial charge in [-0.15, -0.1) is 0 Å². The lowest BCUT2D eigenvalue weighted by Gasteiger charge is -2.41. The third kappa shape index (κ3) is 1.42. The Morgan fingerprint density at radius 3 is 2.73 bits per heavy atom. The number of hydrogen-bond donors (Lipinski definition) is 3. The van der Waals surface area contributed by atoms with Gasteiger partial charge in [-0.05, 0) is 50.2 Å². The minimum absolute atomic E-state index is 0.199. The van der Waals surface area contributed by atoms with Crippen LogP contribution in [0.1, 0.15) is 42.6 Å². The molecule has 1 heterocycles. The van der Waals surface area contributed by atoms with Gasteiger partial charge in [0.15, 0.2) is 0 Å². The Labute approximate surface area is 89.7 Å². The monoisotopic (exact) mass is 206 g/mol. The van der Waals surface area contributed by atoms with Gasteiger partial charge in [0.05, 0.1) is 11.6 Å². The number of rotatable bonds is 1. The molecule has 1 saturated carbocycles. The maximum atomic E-state index is 9.35. The van der Waals surface area contributed by atoms with Gasteiger partial charge < -0.3 is 15.8 Å². The summed E-state index contributed by atoms with van der Waals surface area (Å²) >= 11 is 0. The first kappa shape index (κ1) is 9.43. The summed E-state index contributed by atoms with van der Waals surface area (Å²) in [4.78, 5) is 3.46. The molecule has 1 aromatic rings. The van der Waals surface area contributed by atoms with E-state index in [1.165, 1.54) is 30.5 Å². The minimum Gasteiger partial charge on any atom is -0.393 e. The van der Waals surface area contributed by atoms with Crippen molar-refractivity contribution in [3.05, 3.63) is 23.0 Å². The van der Waals surface area contributed by atoms with Gasteiger partial charge in [0.1, 0.15) is 0 Å². The highest BCUT2D eigenvalue weighted by atomic mass is 16.3. The maximum absolute atomic E-state index is 9.35. The molecule has 1 fully saturated rings. The third-order valence-corrected chi connectivity index (χ3v) is 3.85. The molecule has 4 N–H and O–H groups in total. The van der Waals surface area contributed by atoms with Crippen molar-refractivity contribution in [2.45, 2.75) is 50.2 Å². The van der Waals surface area contributed by atoms with Crippen LogP contribution in [-0.2, 0) is 18.4 Å². The number of nitrogens with one attached hydrogen (secondary N) is 1. The molecule has 3 heteroatoms. The summed E-state index contributed by atoms with van der Waals surface area (Å²) in [6.45, 7) is 0. The van der Waals surface area contributed by atoms with E-state index in [1.807, 2.05) is 0 Å². The molecule has 3 nitrogen and oxygen atoms in total. The zero-order chi connectivity index (χ0) is 10.5. The second-order valence-electron chi connectivity index (χ2n) is 5.11. The number of aliphatic hydroxyl groups is 1. The molecule has 0 amide bonds. The minimum atomic E-state index is -0.281. The van der Waals surface area contributed by atoms with Crippen LogP contribution in [0.5, 0.6) is 0 Å². The van der Waals surface area contributed by atoms with Crippen molar-refractivity contribution in [2.75, 3.05) is 0 Å². The van der Waals surface area contributed by atoms with Gasteiger partial charge >= 0.3 is 0 Å². The molecule has 2 aliphatic rings. The van der Waals surface area contributed by atoms with Crippen LogP contribution < -0.4 is 5.73 Å². The Morgan fingerprint density at radius 1 is 1.33 bits per heavy atom. The molecular weight excluding hydrogens is 188 g/mol. The smallest absolute Gasteiger partial charge is 0.0611 e. The average Bonchev–Trinajstić information content (AvgIpc) is 2.59. The summed E-state index contributed by atoms with van der Waals surface area (Å²) in [6.07, 6.45) is 6.13. The van der Waals surface area contributed by atoms with Crippen LogP contribution >= 0.6 is 0 Å². The van der Waals surface area contributed by atoms with E-state index in [0.717, 1.165) is 12.1 Å². The lowest BCUT2D eigenvalue weighted by molar-refractivity contribution is 0.0190. The van der Waals surface area contributed by atoms with Gasteiger partial charge in [0.2, 0.25) is 0 Å². The van der Waals surface area contributed by atoms with E-state index in [0.29, 0.717) is 12.8 Å². The molecule has 15 heavy (non-hydrogen) atoms. The van der Waals surface area contributed by atoms with Crippen molar-refractivity contribution in [3.63, 3.8) is 0 Å². The van der Waals surface area contributed by atoms with E-state index in [9.17, 15) is 5.11 Å². The van der Waals surface area contributed by atoms with Crippen LogP contribution in [0, 0.1) is 0 Å². The second kappa shape index (κ2) is 3.09. The molecule has 0 aromatic carbocycles. The summed E-state index contributed by atoms with van der Waals surface area (Å²) in [5.41, 5.74) is 9.92. The summed E-state index contributed by atoms with van der Waals surface area (Å²) in [5.74, 6) is 0. The first-order valence-electron chi connectivity index (χ1n) is 5.85. The van der Waals surface area contributed by atoms with Crippen molar-refractivity contribution in [1.82, 2.24) is 4.98 Å². The zero-order valence-corrected chi connectivity index (χ0v) is 8.92. The Morgan fingerprint density at radius 2 is 2.07 bits per heavy atom. The average molecular weight is 206 g/mol. The normalized spacial score (nSPS) is 34.7. The highest BCUT2D eigenvalue weighted by Crippen LogP contribution is 2.39. The Balaban J connectivity index is 1.90. The first-order valence-corrected chi connectivity index (χ1v) is 5.85. The number of hydrogen-bond acceptors (Lipinski definition) is 2. The molecule has 0 spiro atoms. The van der Waals surface area contributed by atoms with Crippen LogP contribution in [0.3, 0.4) is 0 Å². The number of aryl methyl sites for hydroxylation is 2. The molecule has 0 atom stereocenters. The van der Waals surface area contributed by atoms with Crippen molar-refractivity contribution >= 4 is 0 Å². The summed E-state index contributed by atoms with van der Waals surface area (Å²) in [7, 11) is 0. The quantitative estimate of drug-likeness (QED) is 0.646. The van der Waals surface area contributed by atoms with Crippen molar-refractivity contribution in [3.8, 4) is 0 Å². The molecule has 0 bridgehead atoms. The molecule has 0 unspecified atom stereocenters. The maximum Gasteiger partial charge on any atom is 0.0611 e. The molecule has 3 rings (SSSR count). The van der Waals surface area contributed by atoms with E-state index in [-0.39, 0.29) is 11.6 Å².